The van der Waals surface area contributed by atoms with Gasteiger partial charge in [-0.05, 0) is 104 Å². The zero-order valence-corrected chi connectivity index (χ0v) is 36.0. The number of amides is 5. The van der Waals surface area contributed by atoms with E-state index in [1.165, 1.54) is 24.4 Å². The van der Waals surface area contributed by atoms with E-state index in [0.29, 0.717) is 39.3 Å². The van der Waals surface area contributed by atoms with Crippen LogP contribution in [0, 0.1) is 11.3 Å². The molecule has 0 spiro atoms. The summed E-state index contributed by atoms with van der Waals surface area (Å²) in [6, 6.07) is 13.3. The molecule has 1 aliphatic carbocycles. The Morgan fingerprint density at radius 2 is 1.60 bits per heavy atom. The van der Waals surface area contributed by atoms with Crippen molar-refractivity contribution in [2.75, 3.05) is 46.4 Å². The number of carbonyl (C=O) groups is 5. The van der Waals surface area contributed by atoms with Gasteiger partial charge in [0.25, 0.3) is 5.91 Å². The average Bonchev–Trinajstić information content (AvgIpc) is 4.12. The summed E-state index contributed by atoms with van der Waals surface area (Å²) >= 11 is 0. The van der Waals surface area contributed by atoms with Crippen molar-refractivity contribution in [1.29, 1.82) is 5.26 Å². The van der Waals surface area contributed by atoms with Gasteiger partial charge in [0.2, 0.25) is 23.6 Å². The molecule has 1 heterocycles. The fourth-order valence-corrected chi connectivity index (χ4v) is 7.65. The Labute approximate surface area is 363 Å². The molecule has 0 radical (unpaired) electrons. The van der Waals surface area contributed by atoms with Crippen molar-refractivity contribution < 1.29 is 33.4 Å². The second-order valence-corrected chi connectivity index (χ2v) is 15.8. The predicted octanol–water partition coefficient (Wildman–Crippen LogP) is 2.47. The fraction of sp³-hybridized carbons (Fsp3) is 0.478. The Bertz CT molecular complexity index is 2120. The Kier molecular flexibility index (Phi) is 17.2. The highest BCUT2D eigenvalue weighted by Crippen LogP contribution is 2.43. The molecule has 5 amide bonds. The predicted molar refractivity (Wildman–Crippen MR) is 235 cm³/mol. The maximum absolute atomic E-state index is 14.7. The lowest BCUT2D eigenvalue weighted by Gasteiger charge is -2.32. The number of nitrogens with two attached hydrogens (primary N) is 3. The molecule has 10 N–H and O–H groups in total. The van der Waals surface area contributed by atoms with Crippen LogP contribution in [-0.2, 0) is 32.0 Å². The largest absolute Gasteiger partial charge is 0.492 e. The van der Waals surface area contributed by atoms with Crippen molar-refractivity contribution in [2.45, 2.75) is 95.3 Å². The monoisotopic (exact) mass is 851 g/mol. The number of hydrogen-bond acceptors (Lipinski definition) is 11. The van der Waals surface area contributed by atoms with Crippen LogP contribution < -0.4 is 47.9 Å². The number of nitrogens with one attached hydrogen (secondary N) is 4. The van der Waals surface area contributed by atoms with Gasteiger partial charge in [0.05, 0.1) is 6.07 Å². The quantitative estimate of drug-likeness (QED) is 0.0681. The van der Waals surface area contributed by atoms with E-state index in [4.69, 9.17) is 31.9 Å². The molecular weight excluding hydrogens is 791 g/mol. The molecule has 4 atom stereocenters. The third kappa shape index (κ3) is 12.1. The van der Waals surface area contributed by atoms with Gasteiger partial charge in [-0.2, -0.15) is 5.26 Å². The molecule has 16 heteroatoms. The van der Waals surface area contributed by atoms with E-state index in [0.717, 1.165) is 44.1 Å². The summed E-state index contributed by atoms with van der Waals surface area (Å²) < 4.78 is 12.2. The zero-order valence-electron chi connectivity index (χ0n) is 36.0. The van der Waals surface area contributed by atoms with Gasteiger partial charge in [-0.3, -0.25) is 24.0 Å². The topological polar surface area (TPSA) is 257 Å². The van der Waals surface area contributed by atoms with Gasteiger partial charge in [0, 0.05) is 43.2 Å². The number of carbonyl (C=O) groups excluding carboxylic acids is 5. The zero-order chi connectivity index (χ0) is 44.8. The molecule has 1 saturated carbocycles. The second-order valence-electron chi connectivity index (χ2n) is 15.8. The molecule has 0 aromatic heterocycles. The van der Waals surface area contributed by atoms with E-state index in [2.05, 4.69) is 34.3 Å². The fourth-order valence-electron chi connectivity index (χ4n) is 7.65. The van der Waals surface area contributed by atoms with Crippen molar-refractivity contribution >= 4 is 29.5 Å². The SMILES string of the molecule is CCCCCc1ccc(C(=O)N[C@@H](CCN)C(=O)N(C)[C@@H]2C(=O)N[C@@H](C)C(=O)N[C@H](C(=O)NCC#N)Cc3ccc(OCCN)c(c3)-c3cc2ccc3OCCN)c(C2CC2)c1. The number of aryl methyl sites for hydroxylation is 1. The Hall–Kier alpha value is -6.02. The number of likely N-dealkylation sites (N-methyl/N-ethyl adjacent to an activating group) is 1. The normalized spacial score (nSPS) is 17.9. The van der Waals surface area contributed by atoms with Gasteiger partial charge < -0.3 is 52.8 Å². The van der Waals surface area contributed by atoms with Gasteiger partial charge in [0.1, 0.15) is 55.4 Å². The summed E-state index contributed by atoms with van der Waals surface area (Å²) in [5.41, 5.74) is 22.3. The first-order valence-electron chi connectivity index (χ1n) is 21.5. The lowest BCUT2D eigenvalue weighted by molar-refractivity contribution is -0.141. The van der Waals surface area contributed by atoms with Crippen molar-refractivity contribution in [1.82, 2.24) is 26.2 Å². The van der Waals surface area contributed by atoms with Crippen molar-refractivity contribution in [3.8, 4) is 28.7 Å². The number of nitriles is 1. The molecule has 1 aliphatic heterocycles. The summed E-state index contributed by atoms with van der Waals surface area (Å²) in [6.07, 6.45) is 6.28. The van der Waals surface area contributed by atoms with Crippen LogP contribution in [-0.4, -0.2) is 99.0 Å². The van der Waals surface area contributed by atoms with Crippen molar-refractivity contribution in [3.63, 3.8) is 0 Å². The maximum Gasteiger partial charge on any atom is 0.252 e. The lowest BCUT2D eigenvalue weighted by atomic mass is 9.93. The van der Waals surface area contributed by atoms with Gasteiger partial charge in [-0.15, -0.1) is 0 Å². The minimum atomic E-state index is -1.35. The first-order chi connectivity index (χ1) is 29.9. The van der Waals surface area contributed by atoms with Crippen LogP contribution >= 0.6 is 0 Å². The van der Waals surface area contributed by atoms with Crippen molar-refractivity contribution in [3.05, 3.63) is 82.4 Å². The number of fused-ring (bicyclic) bond motifs is 5. The van der Waals surface area contributed by atoms with Crippen LogP contribution in [0.5, 0.6) is 11.5 Å². The van der Waals surface area contributed by atoms with Crippen LogP contribution in [0.15, 0.2) is 54.6 Å². The van der Waals surface area contributed by atoms with E-state index in [-0.39, 0.29) is 58.2 Å². The van der Waals surface area contributed by atoms with E-state index in [1.54, 1.807) is 36.4 Å². The maximum atomic E-state index is 14.7. The summed E-state index contributed by atoms with van der Waals surface area (Å²) in [6.45, 7) is 4.14. The molecule has 3 aromatic rings. The van der Waals surface area contributed by atoms with Gasteiger partial charge >= 0.3 is 0 Å². The van der Waals surface area contributed by atoms with Crippen LogP contribution in [0.3, 0.4) is 0 Å². The standard InChI is InChI=1S/C46H61N9O7/c1-4-5-6-7-29-8-13-33(34(24-29)31-10-11-31)43(57)53-37(16-17-47)46(60)55(3)41-32-12-15-40(62-23-20-50)36(27-32)35-25-30(9-14-39(35)61-22-19-49)26-38(44(58)51-21-18-48)54-42(56)28(2)52-45(41)59/h8-9,12-15,24-25,27-28,31,37-38,41H,4-7,10-11,16-17,19-23,26,47,49-50H2,1-3H3,(H,51,58)(H,52,59)(H,53,57)(H,54,56)/t28-,37-,38-,41-/m0/s1. The first kappa shape index (κ1) is 47.0. The average molecular weight is 852 g/mol. The molecule has 16 nitrogen and oxygen atoms in total. The van der Waals surface area contributed by atoms with E-state index < -0.39 is 53.7 Å². The molecule has 332 valence electrons. The first-order valence-corrected chi connectivity index (χ1v) is 21.5. The van der Waals surface area contributed by atoms with Crippen molar-refractivity contribution in [2.24, 2.45) is 17.2 Å². The molecule has 5 rings (SSSR count). The number of benzene rings is 3. The summed E-state index contributed by atoms with van der Waals surface area (Å²) in [5.74, 6) is -1.90. The summed E-state index contributed by atoms with van der Waals surface area (Å²) in [4.78, 5) is 71.6. The molecule has 1 fully saturated rings. The molecule has 3 aromatic carbocycles. The third-order valence-corrected chi connectivity index (χ3v) is 11.1. The molecule has 62 heavy (non-hydrogen) atoms. The van der Waals surface area contributed by atoms with Crippen LogP contribution in [0.1, 0.15) is 96.9 Å². The highest BCUT2D eigenvalue weighted by Gasteiger charge is 2.37. The highest BCUT2D eigenvalue weighted by atomic mass is 16.5. The third-order valence-electron chi connectivity index (χ3n) is 11.1. The number of hydrogen-bond donors (Lipinski definition) is 7. The van der Waals surface area contributed by atoms with Gasteiger partial charge in [0.15, 0.2) is 0 Å². The van der Waals surface area contributed by atoms with Gasteiger partial charge in [-0.25, -0.2) is 0 Å². The smallest absolute Gasteiger partial charge is 0.252 e. The van der Waals surface area contributed by atoms with E-state index in [1.807, 2.05) is 18.2 Å². The van der Waals surface area contributed by atoms with E-state index >= 15 is 0 Å². The number of ether oxygens (including phenoxy) is 2. The minimum Gasteiger partial charge on any atom is -0.492 e. The Morgan fingerprint density at radius 1 is 0.903 bits per heavy atom. The summed E-state index contributed by atoms with van der Waals surface area (Å²) in [5, 5.41) is 20.1. The number of nitrogens with zero attached hydrogens (tertiary/aromatic N) is 2. The highest BCUT2D eigenvalue weighted by molar-refractivity contribution is 6.00. The Morgan fingerprint density at radius 3 is 2.24 bits per heavy atom. The minimum absolute atomic E-state index is 0.0197. The number of rotatable bonds is 19. The lowest BCUT2D eigenvalue weighted by Crippen LogP contribution is -2.56. The van der Waals surface area contributed by atoms with Crippen LogP contribution in [0.2, 0.25) is 0 Å². The molecule has 2 aliphatic rings. The molecule has 0 saturated heterocycles. The molecule has 4 bridgehead atoms. The van der Waals surface area contributed by atoms with E-state index in [9.17, 15) is 24.0 Å². The van der Waals surface area contributed by atoms with Crippen LogP contribution in [0.4, 0.5) is 0 Å². The second kappa shape index (κ2) is 22.7. The Balaban J connectivity index is 1.58. The summed E-state index contributed by atoms with van der Waals surface area (Å²) in [7, 11) is 1.46. The molecule has 0 unspecified atom stereocenters. The van der Waals surface area contributed by atoms with Crippen LogP contribution in [0.25, 0.3) is 11.1 Å². The van der Waals surface area contributed by atoms with Gasteiger partial charge in [-0.1, -0.05) is 44.0 Å². The number of unbranched alkanes of at least 4 members (excludes halogenated alkanes) is 2. The molecular formula is C46H61N9O7.